The number of benzene rings is 1. The van der Waals surface area contributed by atoms with Gasteiger partial charge in [-0.15, -0.1) is 0 Å². The van der Waals surface area contributed by atoms with E-state index in [1.807, 2.05) is 19.2 Å². The Morgan fingerprint density at radius 1 is 1.09 bits per heavy atom. The molecule has 168 valence electrons. The highest BCUT2D eigenvalue weighted by molar-refractivity contribution is 5.67. The average Bonchev–Trinajstić information content (AvgIpc) is 3.51. The second-order valence-electron chi connectivity index (χ2n) is 7.74. The standard InChI is InChI=1S/C23H19F3N6O/c1-13-11-31(12-28-13)23-19(33-2)7-14(10-27-23)3-4-20-29-22-16(5-6-32(22)30-20)15-8-17(24)21(26)18(25)9-15/h3-4,7-12,16H,5-6H2,1-2H3/t16-/m1/s1. The van der Waals surface area contributed by atoms with Crippen molar-refractivity contribution in [2.45, 2.75) is 25.8 Å². The average molecular weight is 452 g/mol. The third kappa shape index (κ3) is 3.88. The molecule has 1 aliphatic heterocycles. The molecule has 4 aromatic rings. The highest BCUT2D eigenvalue weighted by Gasteiger charge is 2.29. The lowest BCUT2D eigenvalue weighted by Crippen LogP contribution is -2.02. The Balaban J connectivity index is 1.39. The predicted octanol–water partition coefficient (Wildman–Crippen LogP) is 4.30. The predicted molar refractivity (Wildman–Crippen MR) is 114 cm³/mol. The molecular formula is C23H19F3N6O. The van der Waals surface area contributed by atoms with Gasteiger partial charge in [0.15, 0.2) is 34.8 Å². The summed E-state index contributed by atoms with van der Waals surface area (Å²) in [6.45, 7) is 2.44. The minimum atomic E-state index is -1.47. The summed E-state index contributed by atoms with van der Waals surface area (Å²) < 4.78 is 49.7. The van der Waals surface area contributed by atoms with Gasteiger partial charge >= 0.3 is 0 Å². The van der Waals surface area contributed by atoms with E-state index in [0.29, 0.717) is 41.7 Å². The van der Waals surface area contributed by atoms with Crippen LogP contribution in [-0.4, -0.2) is 36.4 Å². The van der Waals surface area contributed by atoms with E-state index in [2.05, 4.69) is 20.1 Å². The zero-order valence-corrected chi connectivity index (χ0v) is 17.8. The fourth-order valence-corrected chi connectivity index (χ4v) is 3.93. The normalized spacial score (nSPS) is 15.4. The zero-order valence-electron chi connectivity index (χ0n) is 17.8. The van der Waals surface area contributed by atoms with E-state index in [1.54, 1.807) is 41.0 Å². The van der Waals surface area contributed by atoms with Gasteiger partial charge in [-0.1, -0.05) is 0 Å². The summed E-state index contributed by atoms with van der Waals surface area (Å²) >= 11 is 0. The quantitative estimate of drug-likeness (QED) is 0.423. The Hall–Kier alpha value is -3.95. The number of methoxy groups -OCH3 is 1. The highest BCUT2D eigenvalue weighted by Crippen LogP contribution is 2.34. The van der Waals surface area contributed by atoms with Gasteiger partial charge in [-0.25, -0.2) is 32.8 Å². The summed E-state index contributed by atoms with van der Waals surface area (Å²) in [6.07, 6.45) is 9.33. The van der Waals surface area contributed by atoms with Crippen LogP contribution in [0.1, 0.15) is 40.8 Å². The second kappa shape index (κ2) is 8.19. The number of pyridine rings is 1. The summed E-state index contributed by atoms with van der Waals surface area (Å²) in [5, 5.41) is 4.45. The van der Waals surface area contributed by atoms with Gasteiger partial charge < -0.3 is 4.74 Å². The Morgan fingerprint density at radius 3 is 2.58 bits per heavy atom. The molecule has 4 heterocycles. The first kappa shape index (κ1) is 20.9. The number of hydrogen-bond donors (Lipinski definition) is 0. The van der Waals surface area contributed by atoms with E-state index in [4.69, 9.17) is 4.74 Å². The van der Waals surface area contributed by atoms with Crippen LogP contribution < -0.4 is 4.74 Å². The molecule has 0 saturated carbocycles. The van der Waals surface area contributed by atoms with Crippen LogP contribution in [0.3, 0.4) is 0 Å². The lowest BCUT2D eigenvalue weighted by molar-refractivity contribution is 0.410. The van der Waals surface area contributed by atoms with Crippen molar-refractivity contribution in [3.05, 3.63) is 82.8 Å². The van der Waals surface area contributed by atoms with Crippen molar-refractivity contribution in [2.24, 2.45) is 0 Å². The first-order valence-corrected chi connectivity index (χ1v) is 10.2. The van der Waals surface area contributed by atoms with Crippen LogP contribution in [-0.2, 0) is 6.54 Å². The molecule has 7 nitrogen and oxygen atoms in total. The van der Waals surface area contributed by atoms with E-state index >= 15 is 0 Å². The Labute approximate surface area is 187 Å². The lowest BCUT2D eigenvalue weighted by atomic mass is 9.97. The first-order valence-electron chi connectivity index (χ1n) is 10.2. The number of hydrogen-bond acceptors (Lipinski definition) is 5. The second-order valence-corrected chi connectivity index (χ2v) is 7.74. The maximum absolute atomic E-state index is 13.7. The first-order chi connectivity index (χ1) is 15.9. The number of rotatable bonds is 5. The molecule has 10 heteroatoms. The molecule has 0 N–H and O–H groups in total. The van der Waals surface area contributed by atoms with E-state index in [-0.39, 0.29) is 5.92 Å². The Bertz CT molecular complexity index is 1350. The van der Waals surface area contributed by atoms with Crippen molar-refractivity contribution < 1.29 is 17.9 Å². The molecule has 0 aliphatic carbocycles. The smallest absolute Gasteiger partial charge is 0.194 e. The van der Waals surface area contributed by atoms with Gasteiger partial charge in [0, 0.05) is 24.9 Å². The molecular weight excluding hydrogens is 433 g/mol. The number of halogens is 3. The molecule has 0 bridgehead atoms. The molecule has 0 unspecified atom stereocenters. The minimum absolute atomic E-state index is 0.340. The number of fused-ring (bicyclic) bond motifs is 1. The Kier molecular flexibility index (Phi) is 5.20. The summed E-state index contributed by atoms with van der Waals surface area (Å²) in [5.74, 6) is -2.01. The largest absolute Gasteiger partial charge is 0.493 e. The summed E-state index contributed by atoms with van der Waals surface area (Å²) in [7, 11) is 1.57. The maximum Gasteiger partial charge on any atom is 0.194 e. The van der Waals surface area contributed by atoms with E-state index in [9.17, 15) is 13.2 Å². The third-order valence-corrected chi connectivity index (χ3v) is 5.52. The molecule has 1 aromatic carbocycles. The van der Waals surface area contributed by atoms with Crippen LogP contribution in [0.4, 0.5) is 13.2 Å². The van der Waals surface area contributed by atoms with Crippen molar-refractivity contribution in [3.63, 3.8) is 0 Å². The molecule has 0 fully saturated rings. The molecule has 1 aliphatic rings. The van der Waals surface area contributed by atoms with Crippen LogP contribution in [0, 0.1) is 24.4 Å². The number of imidazole rings is 1. The van der Waals surface area contributed by atoms with Crippen molar-refractivity contribution >= 4 is 12.2 Å². The molecule has 3 aromatic heterocycles. The molecule has 0 amide bonds. The summed E-state index contributed by atoms with van der Waals surface area (Å²) in [5.41, 5.74) is 1.99. The van der Waals surface area contributed by atoms with Crippen LogP contribution in [0.15, 0.2) is 36.9 Å². The topological polar surface area (TPSA) is 70.7 Å². The van der Waals surface area contributed by atoms with Gasteiger partial charge in [0.05, 0.1) is 12.8 Å². The molecule has 33 heavy (non-hydrogen) atoms. The van der Waals surface area contributed by atoms with E-state index < -0.39 is 17.5 Å². The molecule has 5 rings (SSSR count). The highest BCUT2D eigenvalue weighted by atomic mass is 19.2. The molecule has 0 saturated heterocycles. The molecule has 0 spiro atoms. The van der Waals surface area contributed by atoms with Gasteiger partial charge in [0.1, 0.15) is 12.2 Å². The van der Waals surface area contributed by atoms with Crippen molar-refractivity contribution in [1.29, 1.82) is 0 Å². The Morgan fingerprint density at radius 2 is 1.88 bits per heavy atom. The van der Waals surface area contributed by atoms with Crippen LogP contribution >= 0.6 is 0 Å². The number of ether oxygens (including phenoxy) is 1. The molecule has 0 radical (unpaired) electrons. The van der Waals surface area contributed by atoms with Crippen LogP contribution in [0.5, 0.6) is 5.75 Å². The maximum atomic E-state index is 13.7. The summed E-state index contributed by atoms with van der Waals surface area (Å²) in [6, 6.07) is 3.87. The van der Waals surface area contributed by atoms with Gasteiger partial charge in [-0.2, -0.15) is 5.10 Å². The monoisotopic (exact) mass is 452 g/mol. The lowest BCUT2D eigenvalue weighted by Gasteiger charge is -2.09. The van der Waals surface area contributed by atoms with Crippen molar-refractivity contribution in [3.8, 4) is 11.6 Å². The fraction of sp³-hybridized carbons (Fsp3) is 0.217. The van der Waals surface area contributed by atoms with Crippen LogP contribution in [0.2, 0.25) is 0 Å². The number of aryl methyl sites for hydroxylation is 2. The summed E-state index contributed by atoms with van der Waals surface area (Å²) in [4.78, 5) is 13.2. The third-order valence-electron chi connectivity index (χ3n) is 5.52. The van der Waals surface area contributed by atoms with Gasteiger partial charge in [0.2, 0.25) is 0 Å². The van der Waals surface area contributed by atoms with Gasteiger partial charge in [-0.05, 0) is 54.8 Å². The van der Waals surface area contributed by atoms with Crippen molar-refractivity contribution in [1.82, 2.24) is 29.3 Å². The van der Waals surface area contributed by atoms with Gasteiger partial charge in [-0.3, -0.25) is 4.57 Å². The van der Waals surface area contributed by atoms with Crippen molar-refractivity contribution in [2.75, 3.05) is 7.11 Å². The SMILES string of the molecule is COc1cc(C=Cc2nc3n(n2)CC[C@@H]3c2cc(F)c(F)c(F)c2)cnc1-n1cnc(C)c1. The van der Waals surface area contributed by atoms with Crippen LogP contribution in [0.25, 0.3) is 18.0 Å². The number of nitrogens with zero attached hydrogens (tertiary/aromatic N) is 6. The van der Waals surface area contributed by atoms with E-state index in [0.717, 1.165) is 23.4 Å². The fourth-order valence-electron chi connectivity index (χ4n) is 3.93. The number of aromatic nitrogens is 6. The zero-order chi connectivity index (χ0) is 23.1. The molecule has 1 atom stereocenters. The van der Waals surface area contributed by atoms with E-state index in [1.165, 1.54) is 0 Å². The minimum Gasteiger partial charge on any atom is -0.493 e. The van der Waals surface area contributed by atoms with Gasteiger partial charge in [0.25, 0.3) is 0 Å².